The van der Waals surface area contributed by atoms with Crippen LogP contribution in [0.25, 0.3) is 21.7 Å². The Labute approximate surface area is 208 Å². The maximum Gasteiger partial charge on any atom is 0.371 e. The van der Waals surface area contributed by atoms with Crippen LogP contribution in [0.3, 0.4) is 0 Å². The standard InChI is InChI=1S/C27H22O10/c1-13-9-18-17-5-8-20(33-11-15-3-6-21(35-15)25(28)29)14(2)24(17)37-27(32)19(18)10-23(13)34-12-16-4-7-22(36-16)26(30)31/h3-10,25,28-29H,11-12H2,1-2H3,(H,30,31). The van der Waals surface area contributed by atoms with Crippen LogP contribution in [-0.2, 0) is 13.2 Å². The third kappa shape index (κ3) is 4.67. The number of aliphatic hydroxyl groups is 2. The van der Waals surface area contributed by atoms with Gasteiger partial charge in [0.2, 0.25) is 12.1 Å². The Morgan fingerprint density at radius 1 is 0.838 bits per heavy atom. The summed E-state index contributed by atoms with van der Waals surface area (Å²) in [7, 11) is 0. The minimum absolute atomic E-state index is 0.00717. The molecule has 10 nitrogen and oxygen atoms in total. The zero-order valence-electron chi connectivity index (χ0n) is 19.8. The Morgan fingerprint density at radius 2 is 1.54 bits per heavy atom. The molecule has 5 aromatic rings. The van der Waals surface area contributed by atoms with Gasteiger partial charge in [-0.15, -0.1) is 0 Å². The number of benzene rings is 2. The molecule has 0 aliphatic carbocycles. The number of aryl methyl sites for hydroxylation is 2. The molecule has 0 unspecified atom stereocenters. The lowest BCUT2D eigenvalue weighted by Crippen LogP contribution is -2.04. The molecule has 10 heteroatoms. The van der Waals surface area contributed by atoms with E-state index in [1.807, 2.05) is 13.0 Å². The van der Waals surface area contributed by atoms with Crippen LogP contribution in [0.1, 0.15) is 45.3 Å². The van der Waals surface area contributed by atoms with E-state index in [1.165, 1.54) is 18.2 Å². The third-order valence-electron chi connectivity index (χ3n) is 5.93. The Bertz CT molecular complexity index is 1690. The van der Waals surface area contributed by atoms with Gasteiger partial charge in [-0.2, -0.15) is 0 Å². The van der Waals surface area contributed by atoms with Crippen molar-refractivity contribution in [2.24, 2.45) is 0 Å². The Hall–Kier alpha value is -4.54. The second-order valence-corrected chi connectivity index (χ2v) is 8.44. The summed E-state index contributed by atoms with van der Waals surface area (Å²) in [5.41, 5.74) is 1.22. The van der Waals surface area contributed by atoms with Crippen LogP contribution in [0.2, 0.25) is 0 Å². The second-order valence-electron chi connectivity index (χ2n) is 8.44. The van der Waals surface area contributed by atoms with Gasteiger partial charge in [-0.1, -0.05) is 0 Å². The van der Waals surface area contributed by atoms with E-state index >= 15 is 0 Å². The average molecular weight is 506 g/mol. The van der Waals surface area contributed by atoms with Crippen LogP contribution < -0.4 is 15.1 Å². The molecule has 0 aliphatic rings. The van der Waals surface area contributed by atoms with Gasteiger partial charge in [-0.25, -0.2) is 9.59 Å². The van der Waals surface area contributed by atoms with Crippen LogP contribution in [0.15, 0.2) is 66.6 Å². The van der Waals surface area contributed by atoms with Crippen LogP contribution >= 0.6 is 0 Å². The van der Waals surface area contributed by atoms with Gasteiger partial charge in [0.05, 0.1) is 5.39 Å². The van der Waals surface area contributed by atoms with E-state index in [1.54, 1.807) is 31.2 Å². The molecule has 0 amide bonds. The van der Waals surface area contributed by atoms with Crippen molar-refractivity contribution in [1.29, 1.82) is 0 Å². The van der Waals surface area contributed by atoms with Crippen LogP contribution in [0, 0.1) is 13.8 Å². The van der Waals surface area contributed by atoms with E-state index < -0.39 is 17.9 Å². The van der Waals surface area contributed by atoms with E-state index in [2.05, 4.69) is 0 Å². The maximum absolute atomic E-state index is 12.9. The Balaban J connectivity index is 1.43. The molecule has 3 heterocycles. The van der Waals surface area contributed by atoms with E-state index in [4.69, 9.17) is 27.8 Å². The fourth-order valence-electron chi connectivity index (χ4n) is 4.04. The number of carbonyl (C=O) groups is 1. The van der Waals surface area contributed by atoms with E-state index in [9.17, 15) is 19.8 Å². The molecule has 190 valence electrons. The first-order chi connectivity index (χ1) is 17.7. The topological polar surface area (TPSA) is 153 Å². The highest BCUT2D eigenvalue weighted by atomic mass is 16.5. The number of carboxylic acid groups (broad SMARTS) is 1. The van der Waals surface area contributed by atoms with E-state index in [0.717, 1.165) is 10.9 Å². The van der Waals surface area contributed by atoms with Crippen molar-refractivity contribution in [1.82, 2.24) is 0 Å². The third-order valence-corrected chi connectivity index (χ3v) is 5.93. The number of carboxylic acids is 1. The predicted octanol–water partition coefficient (Wildman–Crippen LogP) is 4.59. The van der Waals surface area contributed by atoms with Gasteiger partial charge in [-0.3, -0.25) is 0 Å². The number of ether oxygens (including phenoxy) is 2. The first-order valence-corrected chi connectivity index (χ1v) is 11.2. The molecule has 3 aromatic heterocycles. The smallest absolute Gasteiger partial charge is 0.371 e. The lowest BCUT2D eigenvalue weighted by Gasteiger charge is -2.13. The van der Waals surface area contributed by atoms with Crippen LogP contribution in [-0.4, -0.2) is 21.3 Å². The molecule has 2 aromatic carbocycles. The van der Waals surface area contributed by atoms with Gasteiger partial charge in [0.1, 0.15) is 41.8 Å². The second kappa shape index (κ2) is 9.49. The molecule has 0 spiro atoms. The van der Waals surface area contributed by atoms with Gasteiger partial charge >= 0.3 is 11.6 Å². The zero-order chi connectivity index (χ0) is 26.3. The number of furan rings is 2. The maximum atomic E-state index is 12.9. The molecule has 0 fully saturated rings. The number of aromatic carboxylic acids is 1. The fraction of sp³-hybridized carbons (Fsp3) is 0.185. The van der Waals surface area contributed by atoms with Crippen molar-refractivity contribution in [3.63, 3.8) is 0 Å². The first kappa shape index (κ1) is 24.2. The number of aliphatic hydroxyl groups excluding tert-OH is 1. The largest absolute Gasteiger partial charge is 0.485 e. The van der Waals surface area contributed by atoms with Crippen molar-refractivity contribution in [2.45, 2.75) is 33.4 Å². The van der Waals surface area contributed by atoms with Crippen molar-refractivity contribution < 1.29 is 42.8 Å². The lowest BCUT2D eigenvalue weighted by atomic mass is 10.0. The number of hydrogen-bond acceptors (Lipinski definition) is 9. The van der Waals surface area contributed by atoms with Crippen LogP contribution in [0.5, 0.6) is 11.5 Å². The molecule has 3 N–H and O–H groups in total. The van der Waals surface area contributed by atoms with Crippen LogP contribution in [0.4, 0.5) is 0 Å². The fourth-order valence-corrected chi connectivity index (χ4v) is 4.04. The highest BCUT2D eigenvalue weighted by Crippen LogP contribution is 2.34. The SMILES string of the molecule is Cc1cc2c(cc1OCc1ccc(C(=O)O)o1)c(=O)oc1c(C)c(OCc3ccc(C(O)O)o3)ccc12. The number of rotatable bonds is 8. The summed E-state index contributed by atoms with van der Waals surface area (Å²) in [5, 5.41) is 29.1. The first-order valence-electron chi connectivity index (χ1n) is 11.2. The normalized spacial score (nSPS) is 11.5. The zero-order valence-corrected chi connectivity index (χ0v) is 19.8. The molecular formula is C27H22O10. The molecule has 0 aliphatic heterocycles. The molecule has 0 saturated heterocycles. The average Bonchev–Trinajstić information content (AvgIpc) is 3.53. The van der Waals surface area contributed by atoms with Gasteiger partial charge in [0, 0.05) is 16.3 Å². The molecule has 0 bridgehead atoms. The van der Waals surface area contributed by atoms with Crippen molar-refractivity contribution >= 4 is 27.7 Å². The minimum atomic E-state index is -1.71. The quantitative estimate of drug-likeness (QED) is 0.155. The molecule has 0 saturated carbocycles. The van der Waals surface area contributed by atoms with E-state index in [0.29, 0.717) is 44.9 Å². The minimum Gasteiger partial charge on any atom is -0.485 e. The van der Waals surface area contributed by atoms with Gasteiger partial charge < -0.3 is 38.0 Å². The Kier molecular flexibility index (Phi) is 6.20. The highest BCUT2D eigenvalue weighted by molar-refractivity contribution is 6.06. The van der Waals surface area contributed by atoms with Crippen molar-refractivity contribution in [3.8, 4) is 11.5 Å². The number of hydrogen-bond donors (Lipinski definition) is 3. The summed E-state index contributed by atoms with van der Waals surface area (Å²) in [4.78, 5) is 23.9. The van der Waals surface area contributed by atoms with Gasteiger partial charge in [0.25, 0.3) is 0 Å². The number of fused-ring (bicyclic) bond motifs is 3. The van der Waals surface area contributed by atoms with Gasteiger partial charge in [0.15, 0.2) is 5.76 Å². The summed E-state index contributed by atoms with van der Waals surface area (Å²) >= 11 is 0. The monoisotopic (exact) mass is 506 g/mol. The molecule has 0 radical (unpaired) electrons. The molecular weight excluding hydrogens is 484 g/mol. The summed E-state index contributed by atoms with van der Waals surface area (Å²) in [6.07, 6.45) is -1.71. The Morgan fingerprint density at radius 3 is 2.22 bits per heavy atom. The van der Waals surface area contributed by atoms with Crippen molar-refractivity contribution in [2.75, 3.05) is 0 Å². The molecule has 5 rings (SSSR count). The molecule has 0 atom stereocenters. The summed E-state index contributed by atoms with van der Waals surface area (Å²) in [6.45, 7) is 3.65. The predicted molar refractivity (Wildman–Crippen MR) is 130 cm³/mol. The van der Waals surface area contributed by atoms with Gasteiger partial charge in [-0.05, 0) is 67.9 Å². The summed E-state index contributed by atoms with van der Waals surface area (Å²) < 4.78 is 27.8. The van der Waals surface area contributed by atoms with Crippen molar-refractivity contribution in [3.05, 3.63) is 93.1 Å². The summed E-state index contributed by atoms with van der Waals surface area (Å²) in [5.74, 6) is 0.321. The van der Waals surface area contributed by atoms with E-state index in [-0.39, 0.29) is 24.7 Å². The summed E-state index contributed by atoms with van der Waals surface area (Å²) in [6, 6.07) is 12.9. The lowest BCUT2D eigenvalue weighted by molar-refractivity contribution is -0.0590. The highest BCUT2D eigenvalue weighted by Gasteiger charge is 2.17. The molecule has 37 heavy (non-hydrogen) atoms.